The number of nitrogens with one attached hydrogen (secondary N) is 2. The smallest absolute Gasteiger partial charge is 0.261 e. The molecule has 0 saturated heterocycles. The summed E-state index contributed by atoms with van der Waals surface area (Å²) in [5.74, 6) is 0.702. The van der Waals surface area contributed by atoms with Gasteiger partial charge >= 0.3 is 0 Å². The minimum Gasteiger partial charge on any atom is -0.463 e. The van der Waals surface area contributed by atoms with Gasteiger partial charge < -0.3 is 21.1 Å². The van der Waals surface area contributed by atoms with E-state index in [1.165, 1.54) is 11.1 Å². The van der Waals surface area contributed by atoms with Gasteiger partial charge in [-0.3, -0.25) is 4.79 Å². The number of anilines is 1. The second-order valence-corrected chi connectivity index (χ2v) is 8.44. The Morgan fingerprint density at radius 3 is 2.58 bits per heavy atom. The van der Waals surface area contributed by atoms with Crippen LogP contribution in [0.3, 0.4) is 0 Å². The van der Waals surface area contributed by atoms with Gasteiger partial charge in [-0.05, 0) is 49.6 Å². The third-order valence-electron chi connectivity index (χ3n) is 5.55. The van der Waals surface area contributed by atoms with Crippen molar-refractivity contribution < 1.29 is 9.53 Å². The van der Waals surface area contributed by atoms with Gasteiger partial charge in [0.25, 0.3) is 5.91 Å². The zero-order valence-electron chi connectivity index (χ0n) is 19.3. The number of aromatic nitrogens is 1. The minimum atomic E-state index is -0.729. The number of rotatable bonds is 10. The Bertz CT molecular complexity index is 1080. The molecule has 3 aromatic rings. The highest BCUT2D eigenvalue weighted by molar-refractivity contribution is 7.80. The molecule has 7 heteroatoms. The first-order valence-electron chi connectivity index (χ1n) is 11.0. The molecule has 0 fully saturated rings. The number of nitrogens with zero attached hydrogens (tertiary/aromatic N) is 1. The summed E-state index contributed by atoms with van der Waals surface area (Å²) in [4.78, 5) is 17.5. The molecule has 0 saturated carbocycles. The number of nitrogens with two attached hydrogens (primary N) is 1. The highest BCUT2D eigenvalue weighted by Crippen LogP contribution is 2.28. The number of benzene rings is 2. The summed E-state index contributed by atoms with van der Waals surface area (Å²) in [5, 5.41) is 6.24. The van der Waals surface area contributed by atoms with Crippen molar-refractivity contribution in [2.45, 2.75) is 39.5 Å². The summed E-state index contributed by atoms with van der Waals surface area (Å²) < 4.78 is 6.03. The van der Waals surface area contributed by atoms with Crippen LogP contribution in [0.4, 0.5) is 5.69 Å². The van der Waals surface area contributed by atoms with E-state index in [1.54, 1.807) is 6.92 Å². The Kier molecular flexibility index (Phi) is 8.74. The lowest BCUT2D eigenvalue weighted by molar-refractivity contribution is -0.127. The number of hydrogen-bond acceptors (Lipinski definition) is 6. The lowest BCUT2D eigenvalue weighted by Crippen LogP contribution is -2.36. The van der Waals surface area contributed by atoms with Crippen molar-refractivity contribution in [2.75, 3.05) is 17.6 Å². The fourth-order valence-corrected chi connectivity index (χ4v) is 3.42. The summed E-state index contributed by atoms with van der Waals surface area (Å²) in [6.07, 6.45) is -0.729. The van der Waals surface area contributed by atoms with Crippen molar-refractivity contribution in [1.82, 2.24) is 10.3 Å². The van der Waals surface area contributed by atoms with Gasteiger partial charge in [-0.1, -0.05) is 48.5 Å². The molecule has 0 aliphatic rings. The fourth-order valence-electron chi connectivity index (χ4n) is 3.29. The van der Waals surface area contributed by atoms with Gasteiger partial charge in [-0.2, -0.15) is 12.6 Å². The summed E-state index contributed by atoms with van der Waals surface area (Å²) >= 11 is 4.24. The Morgan fingerprint density at radius 2 is 1.85 bits per heavy atom. The minimum absolute atomic E-state index is 0.117. The maximum Gasteiger partial charge on any atom is 0.261 e. The summed E-state index contributed by atoms with van der Waals surface area (Å²) in [6, 6.07) is 19.6. The van der Waals surface area contributed by atoms with Gasteiger partial charge in [0.1, 0.15) is 0 Å². The zero-order valence-corrected chi connectivity index (χ0v) is 20.2. The van der Waals surface area contributed by atoms with Gasteiger partial charge in [0.05, 0.1) is 11.4 Å². The van der Waals surface area contributed by atoms with Crippen LogP contribution in [0.2, 0.25) is 0 Å². The van der Waals surface area contributed by atoms with Gasteiger partial charge in [0.2, 0.25) is 5.88 Å². The lowest BCUT2D eigenvalue weighted by Gasteiger charge is -2.19. The van der Waals surface area contributed by atoms with Gasteiger partial charge in [-0.15, -0.1) is 0 Å². The third kappa shape index (κ3) is 6.73. The van der Waals surface area contributed by atoms with Crippen LogP contribution >= 0.6 is 12.6 Å². The van der Waals surface area contributed by atoms with Crippen LogP contribution in [-0.4, -0.2) is 35.3 Å². The van der Waals surface area contributed by atoms with Crippen LogP contribution < -0.4 is 21.1 Å². The summed E-state index contributed by atoms with van der Waals surface area (Å²) in [6.45, 7) is 6.80. The van der Waals surface area contributed by atoms with E-state index in [0.717, 1.165) is 16.8 Å². The van der Waals surface area contributed by atoms with Crippen LogP contribution in [0.15, 0.2) is 60.7 Å². The summed E-state index contributed by atoms with van der Waals surface area (Å²) in [7, 11) is 0. The zero-order chi connectivity index (χ0) is 23.8. The number of carbonyl (C=O) groups is 1. The number of amides is 1. The molecular formula is C26H32N4O2S. The molecule has 3 rings (SSSR count). The maximum atomic E-state index is 12.8. The summed E-state index contributed by atoms with van der Waals surface area (Å²) in [5.41, 5.74) is 11.9. The van der Waals surface area contributed by atoms with Crippen molar-refractivity contribution in [1.29, 1.82) is 0 Å². The average molecular weight is 465 g/mol. The first-order chi connectivity index (χ1) is 15.9. The molecule has 33 heavy (non-hydrogen) atoms. The Labute approximate surface area is 201 Å². The molecule has 1 heterocycles. The van der Waals surface area contributed by atoms with Crippen molar-refractivity contribution in [3.63, 3.8) is 0 Å². The predicted molar refractivity (Wildman–Crippen MR) is 138 cm³/mol. The fraction of sp³-hybridized carbons (Fsp3) is 0.308. The van der Waals surface area contributed by atoms with E-state index < -0.39 is 6.10 Å². The molecule has 1 amide bonds. The van der Waals surface area contributed by atoms with Crippen LogP contribution in [0.25, 0.3) is 11.3 Å². The molecule has 2 aromatic carbocycles. The molecule has 4 N–H and O–H groups in total. The Morgan fingerprint density at radius 1 is 1.09 bits per heavy atom. The first-order valence-corrected chi connectivity index (χ1v) is 11.7. The highest BCUT2D eigenvalue weighted by Gasteiger charge is 2.19. The monoisotopic (exact) mass is 464 g/mol. The first kappa shape index (κ1) is 24.6. The normalized spacial score (nSPS) is 12.6. The topological polar surface area (TPSA) is 89.3 Å². The van der Waals surface area contributed by atoms with E-state index in [-0.39, 0.29) is 11.9 Å². The van der Waals surface area contributed by atoms with Crippen LogP contribution in [0, 0.1) is 13.8 Å². The molecule has 0 aliphatic heterocycles. The van der Waals surface area contributed by atoms with E-state index in [4.69, 9.17) is 10.5 Å². The molecule has 0 aliphatic carbocycles. The number of hydrogen-bond donors (Lipinski definition) is 4. The molecule has 0 radical (unpaired) electrons. The van der Waals surface area contributed by atoms with Crippen molar-refractivity contribution in [3.05, 3.63) is 77.4 Å². The number of carbonyl (C=O) groups excluding carboxylic acids is 1. The maximum absolute atomic E-state index is 12.8. The third-order valence-corrected chi connectivity index (χ3v) is 6.02. The molecule has 2 atom stereocenters. The van der Waals surface area contributed by atoms with Gasteiger partial charge in [0, 0.05) is 30.4 Å². The average Bonchev–Trinajstić information content (AvgIpc) is 2.84. The molecule has 1 aromatic heterocycles. The van der Waals surface area contributed by atoms with Crippen molar-refractivity contribution >= 4 is 24.2 Å². The number of thiol groups is 1. The largest absolute Gasteiger partial charge is 0.463 e. The number of aryl methyl sites for hydroxylation is 1. The Balaban J connectivity index is 1.75. The second-order valence-electron chi connectivity index (χ2n) is 8.08. The quantitative estimate of drug-likeness (QED) is 0.339. The number of pyridine rings is 1. The number of ether oxygens (including phenoxy) is 1. The SMILES string of the molecule is Cc1cccc(CNC(=O)C(C)Oc2nc(-c3ccccc3)ccc2NCC(N)CS)c1C. The van der Waals surface area contributed by atoms with E-state index in [2.05, 4.69) is 48.2 Å². The van der Waals surface area contributed by atoms with Gasteiger partial charge in [0.15, 0.2) is 6.10 Å². The standard InChI is InChI=1S/C26H32N4O2S/c1-17-8-7-11-21(18(17)2)14-29-25(31)19(3)32-26-24(28-15-22(27)16-33)13-12-23(30-26)20-9-5-4-6-10-20/h4-13,19,22,28,33H,14-16,27H2,1-3H3,(H,29,31). The van der Waals surface area contributed by atoms with Crippen LogP contribution in [-0.2, 0) is 11.3 Å². The predicted octanol–water partition coefficient (Wildman–Crippen LogP) is 4.12. The van der Waals surface area contributed by atoms with E-state index in [9.17, 15) is 4.79 Å². The van der Waals surface area contributed by atoms with E-state index in [0.29, 0.717) is 30.4 Å². The highest BCUT2D eigenvalue weighted by atomic mass is 32.1. The van der Waals surface area contributed by atoms with E-state index >= 15 is 0 Å². The molecule has 174 valence electrons. The van der Waals surface area contributed by atoms with Crippen molar-refractivity contribution in [3.8, 4) is 17.1 Å². The van der Waals surface area contributed by atoms with Gasteiger partial charge in [-0.25, -0.2) is 4.98 Å². The molecular weight excluding hydrogens is 432 g/mol. The second kappa shape index (κ2) is 11.7. The molecule has 2 unspecified atom stereocenters. The lowest BCUT2D eigenvalue weighted by atomic mass is 10.0. The van der Waals surface area contributed by atoms with Crippen molar-refractivity contribution in [2.24, 2.45) is 5.73 Å². The van der Waals surface area contributed by atoms with Crippen LogP contribution in [0.5, 0.6) is 5.88 Å². The van der Waals surface area contributed by atoms with E-state index in [1.807, 2.05) is 54.6 Å². The molecule has 0 spiro atoms. The molecule has 0 bridgehead atoms. The van der Waals surface area contributed by atoms with Crippen LogP contribution in [0.1, 0.15) is 23.6 Å². The Hall–Kier alpha value is -3.03. The molecule has 6 nitrogen and oxygen atoms in total.